The molecule has 4 heteroatoms. The third-order valence-electron chi connectivity index (χ3n) is 3.01. The second-order valence-corrected chi connectivity index (χ2v) is 5.46. The smallest absolute Gasteiger partial charge is 0.225 e. The molecule has 0 bridgehead atoms. The lowest BCUT2D eigenvalue weighted by molar-refractivity contribution is -0.104. The Hall–Kier alpha value is -1.81. The maximum Gasteiger partial charge on any atom is 0.225 e. The third kappa shape index (κ3) is 2.11. The van der Waals surface area contributed by atoms with Crippen LogP contribution in [0, 0.1) is 0 Å². The highest BCUT2D eigenvalue weighted by atomic mass is 32.1. The lowest BCUT2D eigenvalue weighted by atomic mass is 10.1. The van der Waals surface area contributed by atoms with Crippen LogP contribution in [0.15, 0.2) is 30.5 Å². The number of carbonyl (C=O) groups is 2. The normalized spacial score (nSPS) is 14.4. The van der Waals surface area contributed by atoms with Crippen molar-refractivity contribution in [2.45, 2.75) is 18.8 Å². The zero-order valence-corrected chi connectivity index (χ0v) is 10.4. The van der Waals surface area contributed by atoms with Crippen LogP contribution in [0.3, 0.4) is 0 Å². The van der Waals surface area contributed by atoms with Crippen molar-refractivity contribution < 1.29 is 9.59 Å². The molecule has 0 N–H and O–H groups in total. The van der Waals surface area contributed by atoms with Gasteiger partial charge >= 0.3 is 0 Å². The number of benzene rings is 1. The average molecular weight is 257 g/mol. The predicted molar refractivity (Wildman–Crippen MR) is 69.9 cm³/mol. The molecule has 2 aromatic rings. The molecular formula is C14H11NO2S. The van der Waals surface area contributed by atoms with Crippen LogP contribution >= 0.6 is 11.3 Å². The molecule has 0 saturated heterocycles. The van der Waals surface area contributed by atoms with E-state index in [0.717, 1.165) is 10.4 Å². The Labute approximate surface area is 108 Å². The van der Waals surface area contributed by atoms with Gasteiger partial charge in [-0.2, -0.15) is 0 Å². The molecule has 3 nitrogen and oxygen atoms in total. The van der Waals surface area contributed by atoms with Crippen molar-refractivity contribution in [3.8, 4) is 10.4 Å². The number of ketones is 1. The average Bonchev–Trinajstić information content (AvgIpc) is 3.16. The summed E-state index contributed by atoms with van der Waals surface area (Å²) in [5.41, 5.74) is 1.47. The first-order valence-electron chi connectivity index (χ1n) is 5.83. The van der Waals surface area contributed by atoms with Gasteiger partial charge in [0.05, 0.1) is 9.88 Å². The maximum atomic E-state index is 11.2. The Bertz CT molecular complexity index is 597. The number of carbonyl (C=O) groups excluding carboxylic acids is 2. The summed E-state index contributed by atoms with van der Waals surface area (Å²) in [5, 5.41) is 1.21. The molecule has 90 valence electrons. The maximum absolute atomic E-state index is 11.2. The summed E-state index contributed by atoms with van der Waals surface area (Å²) < 4.78 is 0. The van der Waals surface area contributed by atoms with Crippen molar-refractivity contribution in [2.24, 2.45) is 0 Å². The van der Waals surface area contributed by atoms with Crippen molar-refractivity contribution in [2.75, 3.05) is 0 Å². The largest absolute Gasteiger partial charge is 0.294 e. The van der Waals surface area contributed by atoms with Crippen LogP contribution in [0.4, 0.5) is 0 Å². The molecule has 3 rings (SSSR count). The summed E-state index contributed by atoms with van der Waals surface area (Å²) >= 11 is 1.71. The molecule has 0 aliphatic heterocycles. The SMILES string of the molecule is O=CC(=O)c1ccc(-c2cnc(C3CC3)s2)cc1. The number of thiazole rings is 1. The topological polar surface area (TPSA) is 47.0 Å². The molecule has 1 aromatic carbocycles. The van der Waals surface area contributed by atoms with Gasteiger partial charge in [0.15, 0.2) is 6.29 Å². The molecule has 1 aromatic heterocycles. The molecule has 18 heavy (non-hydrogen) atoms. The van der Waals surface area contributed by atoms with Crippen molar-refractivity contribution in [3.05, 3.63) is 41.0 Å². The molecule has 0 radical (unpaired) electrons. The number of hydrogen-bond donors (Lipinski definition) is 0. The molecule has 1 aliphatic carbocycles. The summed E-state index contributed by atoms with van der Waals surface area (Å²) in [6, 6.07) is 7.09. The van der Waals surface area contributed by atoms with Crippen LogP contribution in [0.1, 0.15) is 34.1 Å². The molecule has 0 spiro atoms. The Morgan fingerprint density at radius 1 is 1.28 bits per heavy atom. The van der Waals surface area contributed by atoms with Crippen LogP contribution < -0.4 is 0 Å². The van der Waals surface area contributed by atoms with E-state index in [1.165, 1.54) is 17.8 Å². The van der Waals surface area contributed by atoms with Gasteiger partial charge in [-0.15, -0.1) is 11.3 Å². The van der Waals surface area contributed by atoms with E-state index in [1.54, 1.807) is 23.5 Å². The molecule has 1 heterocycles. The van der Waals surface area contributed by atoms with Gasteiger partial charge in [0.25, 0.3) is 0 Å². The number of hydrogen-bond acceptors (Lipinski definition) is 4. The van der Waals surface area contributed by atoms with Crippen LogP contribution in [0.2, 0.25) is 0 Å². The standard InChI is InChI=1S/C14H11NO2S/c16-8-12(17)9-1-3-10(4-2-9)13-7-15-14(18-13)11-5-6-11/h1-4,7-8,11H,5-6H2. The summed E-state index contributed by atoms with van der Waals surface area (Å²) in [5.74, 6) is 0.184. The van der Waals surface area contributed by atoms with E-state index in [9.17, 15) is 9.59 Å². The van der Waals surface area contributed by atoms with E-state index >= 15 is 0 Å². The molecule has 1 aliphatic rings. The molecule has 0 unspecified atom stereocenters. The molecule has 0 amide bonds. The summed E-state index contributed by atoms with van der Waals surface area (Å²) in [6.07, 6.45) is 4.72. The van der Waals surface area contributed by atoms with E-state index in [1.807, 2.05) is 18.3 Å². The quantitative estimate of drug-likeness (QED) is 0.480. The molecule has 0 atom stereocenters. The van der Waals surface area contributed by atoms with Crippen molar-refractivity contribution >= 4 is 23.4 Å². The van der Waals surface area contributed by atoms with E-state index in [-0.39, 0.29) is 0 Å². The summed E-state index contributed by atoms with van der Waals surface area (Å²) in [6.45, 7) is 0. The van der Waals surface area contributed by atoms with Crippen LogP contribution in [-0.4, -0.2) is 17.1 Å². The van der Waals surface area contributed by atoms with Crippen LogP contribution in [0.5, 0.6) is 0 Å². The fourth-order valence-electron chi connectivity index (χ4n) is 1.81. The highest BCUT2D eigenvalue weighted by molar-refractivity contribution is 7.15. The Kier molecular flexibility index (Phi) is 2.80. The minimum absolute atomic E-state index is 0.340. The fraction of sp³-hybridized carbons (Fsp3) is 0.214. The first-order chi connectivity index (χ1) is 8.78. The minimum Gasteiger partial charge on any atom is -0.294 e. The second-order valence-electron chi connectivity index (χ2n) is 4.40. The van der Waals surface area contributed by atoms with Gasteiger partial charge in [-0.05, 0) is 18.4 Å². The van der Waals surface area contributed by atoms with E-state index < -0.39 is 5.78 Å². The first-order valence-corrected chi connectivity index (χ1v) is 6.65. The van der Waals surface area contributed by atoms with Gasteiger partial charge in [0, 0.05) is 17.7 Å². The predicted octanol–water partition coefficient (Wildman–Crippen LogP) is 3.07. The van der Waals surface area contributed by atoms with E-state index in [2.05, 4.69) is 4.98 Å². The lowest BCUT2D eigenvalue weighted by Crippen LogP contribution is -1.98. The highest BCUT2D eigenvalue weighted by Gasteiger charge is 2.26. The molecular weight excluding hydrogens is 246 g/mol. The highest BCUT2D eigenvalue weighted by Crippen LogP contribution is 2.43. The monoisotopic (exact) mass is 257 g/mol. The van der Waals surface area contributed by atoms with Gasteiger partial charge in [-0.3, -0.25) is 9.59 Å². The summed E-state index contributed by atoms with van der Waals surface area (Å²) in [4.78, 5) is 27.1. The Morgan fingerprint density at radius 2 is 2.00 bits per heavy atom. The van der Waals surface area contributed by atoms with Gasteiger partial charge in [0.1, 0.15) is 0 Å². The molecule has 1 fully saturated rings. The number of nitrogens with zero attached hydrogens (tertiary/aromatic N) is 1. The van der Waals surface area contributed by atoms with Gasteiger partial charge in [-0.1, -0.05) is 24.3 Å². The zero-order valence-electron chi connectivity index (χ0n) is 9.63. The zero-order chi connectivity index (χ0) is 12.5. The number of aldehydes is 1. The Morgan fingerprint density at radius 3 is 2.61 bits per heavy atom. The Balaban J connectivity index is 1.86. The van der Waals surface area contributed by atoms with Crippen LogP contribution in [-0.2, 0) is 4.79 Å². The van der Waals surface area contributed by atoms with Gasteiger partial charge in [-0.25, -0.2) is 4.98 Å². The lowest BCUT2D eigenvalue weighted by Gasteiger charge is -1.98. The summed E-state index contributed by atoms with van der Waals surface area (Å²) in [7, 11) is 0. The number of Topliss-reactive ketones (excluding diaryl/α,β-unsaturated/α-hetero) is 1. The van der Waals surface area contributed by atoms with Gasteiger partial charge in [0.2, 0.25) is 5.78 Å². The number of rotatable bonds is 4. The van der Waals surface area contributed by atoms with Crippen molar-refractivity contribution in [1.29, 1.82) is 0 Å². The van der Waals surface area contributed by atoms with Crippen LogP contribution in [0.25, 0.3) is 10.4 Å². The molecule has 1 saturated carbocycles. The van der Waals surface area contributed by atoms with E-state index in [4.69, 9.17) is 0 Å². The first kappa shape index (κ1) is 11.3. The minimum atomic E-state index is -0.482. The van der Waals surface area contributed by atoms with Crippen molar-refractivity contribution in [3.63, 3.8) is 0 Å². The third-order valence-corrected chi connectivity index (χ3v) is 4.22. The fourth-order valence-corrected chi connectivity index (χ4v) is 2.90. The van der Waals surface area contributed by atoms with Crippen molar-refractivity contribution in [1.82, 2.24) is 4.98 Å². The second kappa shape index (κ2) is 4.46. The number of aromatic nitrogens is 1. The van der Waals surface area contributed by atoms with Gasteiger partial charge < -0.3 is 0 Å². The van der Waals surface area contributed by atoms with E-state index in [0.29, 0.717) is 17.8 Å².